The molecule has 2 heteroatoms. The molecule has 1 heterocycles. The quantitative estimate of drug-likeness (QED) is 0.666. The largest absolute Gasteiger partial charge is 0.376 e. The van der Waals surface area contributed by atoms with Crippen LogP contribution in [0, 0.1) is 5.92 Å². The van der Waals surface area contributed by atoms with Gasteiger partial charge >= 0.3 is 0 Å². The second-order valence-electron chi connectivity index (χ2n) is 5.84. The Labute approximate surface area is 95.0 Å². The van der Waals surface area contributed by atoms with Gasteiger partial charge in [-0.15, -0.1) is 0 Å². The smallest absolute Gasteiger partial charge is 0.0598 e. The Hall–Kier alpha value is -0.0800. The third-order valence-electron chi connectivity index (χ3n) is 3.03. The number of rotatable bonds is 4. The first kappa shape index (κ1) is 13.0. The average Bonchev–Trinajstić information content (AvgIpc) is 2.14. The normalized spacial score (nSPS) is 20.8. The molecular formula is C13H27NO. The lowest BCUT2D eigenvalue weighted by molar-refractivity contribution is -0.00772. The van der Waals surface area contributed by atoms with Crippen LogP contribution in [-0.4, -0.2) is 36.7 Å². The van der Waals surface area contributed by atoms with E-state index < -0.39 is 0 Å². The van der Waals surface area contributed by atoms with Crippen LogP contribution in [0.25, 0.3) is 0 Å². The van der Waals surface area contributed by atoms with Crippen LogP contribution in [0.15, 0.2) is 0 Å². The van der Waals surface area contributed by atoms with E-state index in [1.165, 1.54) is 38.9 Å². The monoisotopic (exact) mass is 213 g/mol. The Kier molecular flexibility index (Phi) is 5.07. The summed E-state index contributed by atoms with van der Waals surface area (Å²) in [7, 11) is 0. The number of ether oxygens (including phenoxy) is 1. The molecule has 0 amide bonds. The molecule has 0 aliphatic carbocycles. The molecule has 0 aromatic heterocycles. The topological polar surface area (TPSA) is 12.5 Å². The molecule has 15 heavy (non-hydrogen) atoms. The molecule has 0 atom stereocenters. The van der Waals surface area contributed by atoms with Crippen LogP contribution in [-0.2, 0) is 4.74 Å². The lowest BCUT2D eigenvalue weighted by atomic mass is 9.99. The number of likely N-dealkylation sites (tertiary alicyclic amines) is 1. The van der Waals surface area contributed by atoms with Crippen molar-refractivity contribution < 1.29 is 4.74 Å². The van der Waals surface area contributed by atoms with E-state index in [-0.39, 0.29) is 5.60 Å². The van der Waals surface area contributed by atoms with Crippen molar-refractivity contribution in [1.82, 2.24) is 4.90 Å². The minimum atomic E-state index is 0.0242. The van der Waals surface area contributed by atoms with Gasteiger partial charge in [0.2, 0.25) is 0 Å². The number of hydrogen-bond acceptors (Lipinski definition) is 2. The van der Waals surface area contributed by atoms with E-state index in [0.717, 1.165) is 12.5 Å². The fourth-order valence-electron chi connectivity index (χ4n) is 1.95. The lowest BCUT2D eigenvalue weighted by Gasteiger charge is -2.30. The molecule has 2 nitrogen and oxygen atoms in total. The van der Waals surface area contributed by atoms with Crippen molar-refractivity contribution in [3.8, 4) is 0 Å². The zero-order chi connectivity index (χ0) is 11.3. The van der Waals surface area contributed by atoms with Gasteiger partial charge in [-0.2, -0.15) is 0 Å². The molecule has 0 unspecified atom stereocenters. The SMILES string of the molecule is CC1CCN(CCCOC(C)(C)C)CC1. The summed E-state index contributed by atoms with van der Waals surface area (Å²) in [6.07, 6.45) is 3.92. The second-order valence-corrected chi connectivity index (χ2v) is 5.84. The number of hydrogen-bond donors (Lipinski definition) is 0. The highest BCUT2D eigenvalue weighted by Crippen LogP contribution is 2.16. The lowest BCUT2D eigenvalue weighted by Crippen LogP contribution is -2.34. The molecule has 1 aliphatic heterocycles. The first-order valence-corrected chi connectivity index (χ1v) is 6.34. The zero-order valence-electron chi connectivity index (χ0n) is 10.9. The van der Waals surface area contributed by atoms with E-state index in [0.29, 0.717) is 0 Å². The van der Waals surface area contributed by atoms with E-state index >= 15 is 0 Å². The Morgan fingerprint density at radius 3 is 2.33 bits per heavy atom. The summed E-state index contributed by atoms with van der Waals surface area (Å²) in [6.45, 7) is 13.4. The fraction of sp³-hybridized carbons (Fsp3) is 1.00. The van der Waals surface area contributed by atoms with Crippen molar-refractivity contribution in [2.24, 2.45) is 5.92 Å². The van der Waals surface area contributed by atoms with Gasteiger partial charge in [0.15, 0.2) is 0 Å². The summed E-state index contributed by atoms with van der Waals surface area (Å²) in [6, 6.07) is 0. The zero-order valence-corrected chi connectivity index (χ0v) is 10.9. The van der Waals surface area contributed by atoms with E-state index in [1.807, 2.05) is 0 Å². The molecule has 1 saturated heterocycles. The molecule has 0 N–H and O–H groups in total. The molecular weight excluding hydrogens is 186 g/mol. The Morgan fingerprint density at radius 2 is 1.80 bits per heavy atom. The average molecular weight is 213 g/mol. The van der Waals surface area contributed by atoms with Gasteiger partial charge in [0, 0.05) is 13.2 Å². The molecule has 0 spiro atoms. The maximum Gasteiger partial charge on any atom is 0.0598 e. The Morgan fingerprint density at radius 1 is 1.20 bits per heavy atom. The van der Waals surface area contributed by atoms with Gasteiger partial charge < -0.3 is 9.64 Å². The highest BCUT2D eigenvalue weighted by Gasteiger charge is 2.15. The van der Waals surface area contributed by atoms with Gasteiger partial charge in [0.05, 0.1) is 5.60 Å². The molecule has 1 aliphatic rings. The van der Waals surface area contributed by atoms with Crippen LogP contribution < -0.4 is 0 Å². The van der Waals surface area contributed by atoms with Crippen LogP contribution in [0.5, 0.6) is 0 Å². The highest BCUT2D eigenvalue weighted by molar-refractivity contribution is 4.69. The molecule has 1 rings (SSSR count). The van der Waals surface area contributed by atoms with Crippen LogP contribution in [0.1, 0.15) is 47.0 Å². The van der Waals surface area contributed by atoms with Gasteiger partial charge in [-0.05, 0) is 59.0 Å². The van der Waals surface area contributed by atoms with E-state index in [4.69, 9.17) is 4.74 Å². The Balaban J connectivity index is 2.01. The second kappa shape index (κ2) is 5.86. The minimum absolute atomic E-state index is 0.0242. The first-order valence-electron chi connectivity index (χ1n) is 6.34. The summed E-state index contributed by atoms with van der Waals surface area (Å²) in [5.41, 5.74) is 0.0242. The van der Waals surface area contributed by atoms with Crippen molar-refractivity contribution in [3.05, 3.63) is 0 Å². The van der Waals surface area contributed by atoms with Gasteiger partial charge in [-0.1, -0.05) is 6.92 Å². The van der Waals surface area contributed by atoms with Crippen molar-refractivity contribution in [2.45, 2.75) is 52.6 Å². The first-order chi connectivity index (χ1) is 6.97. The highest BCUT2D eigenvalue weighted by atomic mass is 16.5. The summed E-state index contributed by atoms with van der Waals surface area (Å²) in [5, 5.41) is 0. The molecule has 90 valence electrons. The fourth-order valence-corrected chi connectivity index (χ4v) is 1.95. The predicted molar refractivity (Wildman–Crippen MR) is 65.2 cm³/mol. The van der Waals surface area contributed by atoms with Crippen LogP contribution in [0.4, 0.5) is 0 Å². The van der Waals surface area contributed by atoms with Crippen molar-refractivity contribution in [3.63, 3.8) is 0 Å². The van der Waals surface area contributed by atoms with E-state index in [9.17, 15) is 0 Å². The molecule has 0 aromatic rings. The predicted octanol–water partition coefficient (Wildman–Crippen LogP) is 2.92. The number of nitrogens with zero attached hydrogens (tertiary/aromatic N) is 1. The molecule has 0 radical (unpaired) electrons. The summed E-state index contributed by atoms with van der Waals surface area (Å²) >= 11 is 0. The Bertz CT molecular complexity index is 166. The summed E-state index contributed by atoms with van der Waals surface area (Å²) in [4.78, 5) is 2.58. The van der Waals surface area contributed by atoms with E-state index in [2.05, 4.69) is 32.6 Å². The van der Waals surface area contributed by atoms with Gasteiger partial charge in [-0.3, -0.25) is 0 Å². The molecule has 0 saturated carbocycles. The van der Waals surface area contributed by atoms with Gasteiger partial charge in [0.25, 0.3) is 0 Å². The maximum atomic E-state index is 5.71. The third-order valence-corrected chi connectivity index (χ3v) is 3.03. The number of piperidine rings is 1. The standard InChI is InChI=1S/C13H27NO/c1-12-6-9-14(10-7-12)8-5-11-15-13(2,3)4/h12H,5-11H2,1-4H3. The van der Waals surface area contributed by atoms with Crippen molar-refractivity contribution in [1.29, 1.82) is 0 Å². The van der Waals surface area contributed by atoms with Crippen LogP contribution in [0.2, 0.25) is 0 Å². The summed E-state index contributed by atoms with van der Waals surface area (Å²) < 4.78 is 5.71. The van der Waals surface area contributed by atoms with E-state index in [1.54, 1.807) is 0 Å². The van der Waals surface area contributed by atoms with Crippen molar-refractivity contribution in [2.75, 3.05) is 26.2 Å². The van der Waals surface area contributed by atoms with Crippen molar-refractivity contribution >= 4 is 0 Å². The maximum absolute atomic E-state index is 5.71. The van der Waals surface area contributed by atoms with Crippen LogP contribution >= 0.6 is 0 Å². The summed E-state index contributed by atoms with van der Waals surface area (Å²) in [5.74, 6) is 0.937. The molecule has 0 aromatic carbocycles. The van der Waals surface area contributed by atoms with Crippen LogP contribution in [0.3, 0.4) is 0 Å². The third kappa shape index (κ3) is 6.16. The van der Waals surface area contributed by atoms with Gasteiger partial charge in [-0.25, -0.2) is 0 Å². The molecule has 1 fully saturated rings. The molecule has 0 bridgehead atoms. The minimum Gasteiger partial charge on any atom is -0.376 e. The van der Waals surface area contributed by atoms with Gasteiger partial charge in [0.1, 0.15) is 0 Å².